The number of amides is 2. The van der Waals surface area contributed by atoms with E-state index in [2.05, 4.69) is 10.0 Å². The highest BCUT2D eigenvalue weighted by molar-refractivity contribution is 7.89. The molecule has 0 saturated heterocycles. The molecule has 0 unspecified atom stereocenters. The molecule has 110 valence electrons. The van der Waals surface area contributed by atoms with Crippen LogP contribution >= 0.6 is 0 Å². The van der Waals surface area contributed by atoms with Crippen LogP contribution in [0.25, 0.3) is 0 Å². The number of hydrogen-bond acceptors (Lipinski definition) is 4. The number of hydrogen-bond donors (Lipinski definition) is 3. The van der Waals surface area contributed by atoms with Crippen molar-refractivity contribution in [2.75, 3.05) is 25.4 Å². The minimum Gasteiger partial charge on any atom is -0.480 e. The van der Waals surface area contributed by atoms with E-state index in [1.54, 1.807) is 6.92 Å². The van der Waals surface area contributed by atoms with Crippen molar-refractivity contribution in [2.24, 2.45) is 0 Å². The molecular formula is C10H19N3O5S. The molecule has 9 heteroatoms. The Labute approximate surface area is 112 Å². The van der Waals surface area contributed by atoms with Crippen molar-refractivity contribution in [3.05, 3.63) is 0 Å². The summed E-state index contributed by atoms with van der Waals surface area (Å²) >= 11 is 0. The van der Waals surface area contributed by atoms with Crippen molar-refractivity contribution < 1.29 is 23.1 Å². The monoisotopic (exact) mass is 293 g/mol. The van der Waals surface area contributed by atoms with Gasteiger partial charge in [0, 0.05) is 19.1 Å². The average Bonchev–Trinajstić information content (AvgIpc) is 3.08. The Bertz CT molecular complexity index is 432. The van der Waals surface area contributed by atoms with E-state index in [1.165, 1.54) is 4.90 Å². The zero-order valence-corrected chi connectivity index (χ0v) is 11.6. The summed E-state index contributed by atoms with van der Waals surface area (Å²) < 4.78 is 25.0. The molecule has 1 saturated carbocycles. The van der Waals surface area contributed by atoms with Gasteiger partial charge in [-0.15, -0.1) is 0 Å². The van der Waals surface area contributed by atoms with E-state index < -0.39 is 22.0 Å². The van der Waals surface area contributed by atoms with Gasteiger partial charge in [0.25, 0.3) is 0 Å². The molecule has 1 rings (SSSR count). The summed E-state index contributed by atoms with van der Waals surface area (Å²) in [6.45, 7) is 1.55. The number of aliphatic carboxylic acids is 1. The number of nitrogens with one attached hydrogen (secondary N) is 2. The van der Waals surface area contributed by atoms with Gasteiger partial charge in [-0.05, 0) is 12.8 Å². The maximum Gasteiger partial charge on any atom is 0.323 e. The lowest BCUT2D eigenvalue weighted by atomic mass is 10.5. The van der Waals surface area contributed by atoms with Crippen molar-refractivity contribution >= 4 is 22.0 Å². The van der Waals surface area contributed by atoms with Crippen LogP contribution in [0.2, 0.25) is 0 Å². The molecule has 1 aliphatic rings. The molecule has 0 radical (unpaired) electrons. The minimum atomic E-state index is -3.38. The van der Waals surface area contributed by atoms with Gasteiger partial charge in [-0.2, -0.15) is 0 Å². The Morgan fingerprint density at radius 1 is 1.37 bits per heavy atom. The molecule has 19 heavy (non-hydrogen) atoms. The van der Waals surface area contributed by atoms with Gasteiger partial charge < -0.3 is 15.3 Å². The first-order valence-electron chi connectivity index (χ1n) is 6.09. The molecule has 3 N–H and O–H groups in total. The molecule has 0 spiro atoms. The highest BCUT2D eigenvalue weighted by atomic mass is 32.2. The summed E-state index contributed by atoms with van der Waals surface area (Å²) in [5.41, 5.74) is 0. The third kappa shape index (κ3) is 5.88. The van der Waals surface area contributed by atoms with Gasteiger partial charge in [-0.1, -0.05) is 6.92 Å². The smallest absolute Gasteiger partial charge is 0.323 e. The molecule has 1 fully saturated rings. The maximum absolute atomic E-state index is 11.7. The van der Waals surface area contributed by atoms with E-state index in [0.717, 1.165) is 12.8 Å². The number of carbonyl (C=O) groups is 2. The largest absolute Gasteiger partial charge is 0.480 e. The van der Waals surface area contributed by atoms with Crippen molar-refractivity contribution in [1.82, 2.24) is 14.9 Å². The maximum atomic E-state index is 11.7. The lowest BCUT2D eigenvalue weighted by Crippen LogP contribution is -2.45. The van der Waals surface area contributed by atoms with E-state index in [-0.39, 0.29) is 24.9 Å². The molecule has 2 amide bonds. The van der Waals surface area contributed by atoms with Crippen molar-refractivity contribution in [2.45, 2.75) is 25.8 Å². The molecule has 0 aliphatic heterocycles. The number of carboxylic acid groups (broad SMARTS) is 1. The number of urea groups is 1. The van der Waals surface area contributed by atoms with Gasteiger partial charge in [0.1, 0.15) is 6.54 Å². The predicted octanol–water partition coefficient (Wildman–Crippen LogP) is -0.816. The summed E-state index contributed by atoms with van der Waals surface area (Å²) in [6.07, 6.45) is 1.58. The Kier molecular flexibility index (Phi) is 5.55. The topological polar surface area (TPSA) is 116 Å². The van der Waals surface area contributed by atoms with Gasteiger partial charge in [0.05, 0.1) is 5.75 Å². The molecule has 0 bridgehead atoms. The number of carbonyl (C=O) groups excluding carboxylic acids is 1. The van der Waals surface area contributed by atoms with Gasteiger partial charge >= 0.3 is 12.0 Å². The summed E-state index contributed by atoms with van der Waals surface area (Å²) in [7, 11) is -3.38. The Morgan fingerprint density at radius 2 is 2.00 bits per heavy atom. The van der Waals surface area contributed by atoms with Gasteiger partial charge in [-0.25, -0.2) is 17.9 Å². The molecular weight excluding hydrogens is 274 g/mol. The third-order valence-electron chi connectivity index (χ3n) is 2.57. The van der Waals surface area contributed by atoms with E-state index in [9.17, 15) is 18.0 Å². The van der Waals surface area contributed by atoms with Crippen LogP contribution in [-0.2, 0) is 14.8 Å². The Hall–Kier alpha value is -1.35. The van der Waals surface area contributed by atoms with Crippen molar-refractivity contribution in [3.8, 4) is 0 Å². The zero-order chi connectivity index (χ0) is 14.5. The first-order chi connectivity index (χ1) is 8.85. The summed E-state index contributed by atoms with van der Waals surface area (Å²) in [4.78, 5) is 23.6. The van der Waals surface area contributed by atoms with Crippen LogP contribution in [0.5, 0.6) is 0 Å². The van der Waals surface area contributed by atoms with Crippen LogP contribution in [0.3, 0.4) is 0 Å². The Balaban J connectivity index is 2.38. The normalized spacial score (nSPS) is 15.0. The van der Waals surface area contributed by atoms with E-state index in [1.807, 2.05) is 0 Å². The first kappa shape index (κ1) is 15.7. The quantitative estimate of drug-likeness (QED) is 0.541. The van der Waals surface area contributed by atoms with Crippen LogP contribution in [-0.4, -0.2) is 61.9 Å². The Morgan fingerprint density at radius 3 is 2.47 bits per heavy atom. The van der Waals surface area contributed by atoms with Crippen LogP contribution in [0.1, 0.15) is 19.8 Å². The number of nitrogens with zero attached hydrogens (tertiary/aromatic N) is 1. The van der Waals surface area contributed by atoms with E-state index in [4.69, 9.17) is 5.11 Å². The molecule has 0 aromatic rings. The fraction of sp³-hybridized carbons (Fsp3) is 0.800. The van der Waals surface area contributed by atoms with Gasteiger partial charge in [-0.3, -0.25) is 4.79 Å². The lowest BCUT2D eigenvalue weighted by Gasteiger charge is -2.20. The van der Waals surface area contributed by atoms with Crippen LogP contribution in [0, 0.1) is 0 Å². The molecule has 0 aromatic heterocycles. The molecule has 0 aromatic carbocycles. The molecule has 8 nitrogen and oxygen atoms in total. The second-order valence-corrected chi connectivity index (χ2v) is 6.23. The zero-order valence-electron chi connectivity index (χ0n) is 10.8. The summed E-state index contributed by atoms with van der Waals surface area (Å²) in [6, 6.07) is -0.571. The number of rotatable bonds is 8. The fourth-order valence-corrected chi connectivity index (χ4v) is 2.54. The lowest BCUT2D eigenvalue weighted by molar-refractivity contribution is -0.137. The second-order valence-electron chi connectivity index (χ2n) is 4.30. The van der Waals surface area contributed by atoms with Gasteiger partial charge in [0.2, 0.25) is 10.0 Å². The number of sulfonamides is 1. The molecule has 0 atom stereocenters. The highest BCUT2D eigenvalue weighted by Crippen LogP contribution is 2.26. The minimum absolute atomic E-state index is 0.0403. The standard InChI is InChI=1S/C10H19N3O5S/c1-2-12-19(17,18)6-5-11-10(16)13(7-9(14)15)8-3-4-8/h8,12H,2-7H2,1H3,(H,11,16)(H,14,15). The number of carboxylic acids is 1. The molecule has 1 aliphatic carbocycles. The summed E-state index contributed by atoms with van der Waals surface area (Å²) in [5.74, 6) is -1.31. The van der Waals surface area contributed by atoms with Crippen molar-refractivity contribution in [3.63, 3.8) is 0 Å². The van der Waals surface area contributed by atoms with Crippen LogP contribution in [0.15, 0.2) is 0 Å². The predicted molar refractivity (Wildman–Crippen MR) is 68.2 cm³/mol. The average molecular weight is 293 g/mol. The van der Waals surface area contributed by atoms with Crippen molar-refractivity contribution in [1.29, 1.82) is 0 Å². The molecule has 0 heterocycles. The van der Waals surface area contributed by atoms with Crippen LogP contribution < -0.4 is 10.0 Å². The third-order valence-corrected chi connectivity index (χ3v) is 4.04. The highest BCUT2D eigenvalue weighted by Gasteiger charge is 2.33. The fourth-order valence-electron chi connectivity index (χ4n) is 1.58. The summed E-state index contributed by atoms with van der Waals surface area (Å²) in [5, 5.41) is 11.1. The SMILES string of the molecule is CCNS(=O)(=O)CCNC(=O)N(CC(=O)O)C1CC1. The van der Waals surface area contributed by atoms with E-state index >= 15 is 0 Å². The second kappa shape index (κ2) is 6.71. The van der Waals surface area contributed by atoms with Crippen LogP contribution in [0.4, 0.5) is 4.79 Å². The van der Waals surface area contributed by atoms with E-state index in [0.29, 0.717) is 6.54 Å². The van der Waals surface area contributed by atoms with Gasteiger partial charge in [0.15, 0.2) is 0 Å². The first-order valence-corrected chi connectivity index (χ1v) is 7.74.